The summed E-state index contributed by atoms with van der Waals surface area (Å²) in [5.74, 6) is 0.367. The number of carbonyl (C=O) groups excluding carboxylic acids is 1. The summed E-state index contributed by atoms with van der Waals surface area (Å²) in [4.78, 5) is 20.2. The maximum Gasteiger partial charge on any atom is 0.337 e. The van der Waals surface area contributed by atoms with Crippen LogP contribution in [0.4, 0.5) is 0 Å². The smallest absolute Gasteiger partial charge is 0.337 e. The normalized spacial score (nSPS) is 13.7. The fourth-order valence-corrected chi connectivity index (χ4v) is 1.88. The molecule has 0 spiro atoms. The highest BCUT2D eigenvalue weighted by atomic mass is 16.5. The van der Waals surface area contributed by atoms with Crippen molar-refractivity contribution in [3.8, 4) is 0 Å². The quantitative estimate of drug-likeness (QED) is 0.690. The van der Waals surface area contributed by atoms with Crippen molar-refractivity contribution in [2.45, 2.75) is 20.3 Å². The van der Waals surface area contributed by atoms with Gasteiger partial charge in [0.25, 0.3) is 0 Å². The molecule has 1 aliphatic carbocycles. The summed E-state index contributed by atoms with van der Waals surface area (Å²) < 4.78 is 4.72. The molecule has 0 unspecified atom stereocenters. The highest BCUT2D eigenvalue weighted by Gasteiger charge is 2.14. The Morgan fingerprint density at radius 3 is 2.82 bits per heavy atom. The van der Waals surface area contributed by atoms with Crippen LogP contribution in [0.5, 0.6) is 0 Å². The van der Waals surface area contributed by atoms with E-state index in [0.29, 0.717) is 11.4 Å². The number of aromatic nitrogens is 2. The van der Waals surface area contributed by atoms with Crippen molar-refractivity contribution in [3.63, 3.8) is 0 Å². The summed E-state index contributed by atoms with van der Waals surface area (Å²) >= 11 is 0. The van der Waals surface area contributed by atoms with E-state index in [2.05, 4.69) is 9.97 Å². The minimum absolute atomic E-state index is 0.344. The molecule has 0 saturated heterocycles. The Labute approximate surface area is 100 Å². The van der Waals surface area contributed by atoms with Gasteiger partial charge in [0.1, 0.15) is 5.82 Å². The van der Waals surface area contributed by atoms with E-state index >= 15 is 0 Å². The van der Waals surface area contributed by atoms with Crippen molar-refractivity contribution in [1.29, 1.82) is 0 Å². The molecule has 0 aliphatic heterocycles. The number of hydrogen-bond donors (Lipinski definition) is 0. The number of carbonyl (C=O) groups is 1. The lowest BCUT2D eigenvalue weighted by Gasteiger charge is -2.06. The Kier molecular flexibility index (Phi) is 3.04. The molecule has 1 aromatic heterocycles. The molecule has 0 aromatic carbocycles. The van der Waals surface area contributed by atoms with Gasteiger partial charge in [0.05, 0.1) is 18.4 Å². The van der Waals surface area contributed by atoms with Gasteiger partial charge in [0.2, 0.25) is 0 Å². The van der Waals surface area contributed by atoms with Crippen LogP contribution in [0.1, 0.15) is 22.8 Å². The van der Waals surface area contributed by atoms with Crippen molar-refractivity contribution in [3.05, 3.63) is 40.5 Å². The van der Waals surface area contributed by atoms with Gasteiger partial charge in [-0.05, 0) is 26.3 Å². The minimum Gasteiger partial charge on any atom is -0.465 e. The second-order valence-corrected chi connectivity index (χ2v) is 3.92. The van der Waals surface area contributed by atoms with Crippen LogP contribution in [-0.4, -0.2) is 23.0 Å². The van der Waals surface area contributed by atoms with Gasteiger partial charge in [-0.2, -0.15) is 0 Å². The zero-order valence-electron chi connectivity index (χ0n) is 10.2. The molecule has 0 N–H and O–H groups in total. The number of aryl methyl sites for hydroxylation is 2. The van der Waals surface area contributed by atoms with E-state index in [0.717, 1.165) is 23.4 Å². The van der Waals surface area contributed by atoms with Crippen molar-refractivity contribution < 1.29 is 9.53 Å². The van der Waals surface area contributed by atoms with Gasteiger partial charge in [0.15, 0.2) is 0 Å². The number of nitrogens with zero attached hydrogens (tertiary/aromatic N) is 2. The van der Waals surface area contributed by atoms with E-state index in [1.807, 2.05) is 19.9 Å². The van der Waals surface area contributed by atoms with E-state index in [1.165, 1.54) is 7.11 Å². The van der Waals surface area contributed by atoms with Crippen LogP contribution in [0.3, 0.4) is 0 Å². The van der Waals surface area contributed by atoms with Crippen LogP contribution in [0.15, 0.2) is 17.7 Å². The molecule has 4 heteroatoms. The molecule has 2 rings (SSSR count). The van der Waals surface area contributed by atoms with Gasteiger partial charge in [-0.1, -0.05) is 12.2 Å². The average Bonchev–Trinajstić information content (AvgIpc) is 2.50. The monoisotopic (exact) mass is 230 g/mol. The number of methoxy groups -OCH3 is 1. The maximum absolute atomic E-state index is 11.5. The first-order valence-corrected chi connectivity index (χ1v) is 5.42. The van der Waals surface area contributed by atoms with Crippen LogP contribution < -0.4 is 0 Å². The largest absolute Gasteiger partial charge is 0.465 e. The molecular weight excluding hydrogens is 216 g/mol. The van der Waals surface area contributed by atoms with E-state index < -0.39 is 0 Å². The molecule has 17 heavy (non-hydrogen) atoms. The highest BCUT2D eigenvalue weighted by molar-refractivity contribution is 5.96. The molecule has 1 aromatic rings. The third kappa shape index (κ3) is 2.25. The first-order valence-electron chi connectivity index (χ1n) is 5.42. The lowest BCUT2D eigenvalue weighted by Crippen LogP contribution is -2.04. The molecule has 0 fully saturated rings. The van der Waals surface area contributed by atoms with E-state index in [1.54, 1.807) is 12.2 Å². The molecular formula is C13H14N2O2. The van der Waals surface area contributed by atoms with Crippen LogP contribution >= 0.6 is 0 Å². The Morgan fingerprint density at radius 1 is 1.35 bits per heavy atom. The maximum atomic E-state index is 11.5. The first-order chi connectivity index (χ1) is 8.11. The molecule has 4 nitrogen and oxygen atoms in total. The van der Waals surface area contributed by atoms with Crippen LogP contribution in [0, 0.1) is 13.8 Å². The molecule has 1 heterocycles. The number of fused-ring (bicyclic) bond motifs is 1. The third-order valence-corrected chi connectivity index (χ3v) is 2.69. The molecule has 0 atom stereocenters. The number of allylic oxidation sites excluding steroid dienone is 1. The van der Waals surface area contributed by atoms with E-state index in [4.69, 9.17) is 4.74 Å². The third-order valence-electron chi connectivity index (χ3n) is 2.69. The number of ether oxygens (including phenoxy) is 1. The SMILES string of the molecule is COC(=O)C1=Cc2nc(C)nc(C)c2CC=C1. The predicted octanol–water partition coefficient (Wildman–Crippen LogP) is 1.76. The standard InChI is InChI=1S/C13H14N2O2/c1-8-11-6-4-5-10(13(16)17-3)7-12(11)15-9(2)14-8/h4-5,7H,6H2,1-3H3. The summed E-state index contributed by atoms with van der Waals surface area (Å²) in [6, 6.07) is 0. The Balaban J connectivity index is 2.55. The molecule has 88 valence electrons. The summed E-state index contributed by atoms with van der Waals surface area (Å²) in [6.45, 7) is 3.80. The Hall–Kier alpha value is -1.97. The molecule has 0 bridgehead atoms. The fourth-order valence-electron chi connectivity index (χ4n) is 1.88. The highest BCUT2D eigenvalue weighted by Crippen LogP contribution is 2.20. The van der Waals surface area contributed by atoms with Gasteiger partial charge in [-0.25, -0.2) is 14.8 Å². The average molecular weight is 230 g/mol. The van der Waals surface area contributed by atoms with Crippen molar-refractivity contribution in [2.24, 2.45) is 0 Å². The number of hydrogen-bond acceptors (Lipinski definition) is 4. The Bertz CT molecular complexity index is 530. The van der Waals surface area contributed by atoms with Gasteiger partial charge in [-0.3, -0.25) is 0 Å². The molecule has 0 amide bonds. The van der Waals surface area contributed by atoms with Crippen LogP contribution in [0.2, 0.25) is 0 Å². The predicted molar refractivity (Wildman–Crippen MR) is 64.3 cm³/mol. The molecule has 1 aliphatic rings. The second-order valence-electron chi connectivity index (χ2n) is 3.92. The Morgan fingerprint density at radius 2 is 2.12 bits per heavy atom. The minimum atomic E-state index is -0.344. The van der Waals surface area contributed by atoms with Crippen LogP contribution in [-0.2, 0) is 16.0 Å². The van der Waals surface area contributed by atoms with Gasteiger partial charge in [0, 0.05) is 11.3 Å². The van der Waals surface area contributed by atoms with Crippen molar-refractivity contribution >= 4 is 12.0 Å². The van der Waals surface area contributed by atoms with Gasteiger partial charge < -0.3 is 4.74 Å². The van der Waals surface area contributed by atoms with Crippen LogP contribution in [0.25, 0.3) is 6.08 Å². The zero-order chi connectivity index (χ0) is 12.4. The van der Waals surface area contributed by atoms with Gasteiger partial charge in [-0.15, -0.1) is 0 Å². The van der Waals surface area contributed by atoms with Gasteiger partial charge >= 0.3 is 5.97 Å². The summed E-state index contributed by atoms with van der Waals surface area (Å²) in [5.41, 5.74) is 3.34. The topological polar surface area (TPSA) is 52.1 Å². The molecule has 0 saturated carbocycles. The summed E-state index contributed by atoms with van der Waals surface area (Å²) in [5, 5.41) is 0. The molecule has 0 radical (unpaired) electrons. The van der Waals surface area contributed by atoms with E-state index in [9.17, 15) is 4.79 Å². The lowest BCUT2D eigenvalue weighted by atomic mass is 10.1. The first kappa shape index (κ1) is 11.5. The number of esters is 1. The second kappa shape index (κ2) is 4.49. The summed E-state index contributed by atoms with van der Waals surface area (Å²) in [6.07, 6.45) is 6.19. The van der Waals surface area contributed by atoms with E-state index in [-0.39, 0.29) is 5.97 Å². The zero-order valence-corrected chi connectivity index (χ0v) is 10.2. The van der Waals surface area contributed by atoms with Crippen molar-refractivity contribution in [1.82, 2.24) is 9.97 Å². The van der Waals surface area contributed by atoms with Crippen molar-refractivity contribution in [2.75, 3.05) is 7.11 Å². The number of rotatable bonds is 1. The fraction of sp³-hybridized carbons (Fsp3) is 0.308. The lowest BCUT2D eigenvalue weighted by molar-refractivity contribution is -0.135. The summed E-state index contributed by atoms with van der Waals surface area (Å²) in [7, 11) is 1.37.